The molecule has 1 saturated heterocycles. The van der Waals surface area contributed by atoms with Crippen molar-refractivity contribution < 1.29 is 27.4 Å². The lowest BCUT2D eigenvalue weighted by molar-refractivity contribution is -0.244. The van der Waals surface area contributed by atoms with Gasteiger partial charge < -0.3 is 14.2 Å². The predicted molar refractivity (Wildman–Crippen MR) is 72.7 cm³/mol. The zero-order valence-corrected chi connectivity index (χ0v) is 13.1. The van der Waals surface area contributed by atoms with E-state index in [4.69, 9.17) is 14.2 Å². The Bertz CT molecular complexity index is 703. The topological polar surface area (TPSA) is 105 Å². The summed E-state index contributed by atoms with van der Waals surface area (Å²) in [4.78, 5) is 20.1. The minimum atomic E-state index is -3.57. The van der Waals surface area contributed by atoms with E-state index < -0.39 is 27.0 Å². The molecule has 0 aromatic carbocycles. The summed E-state index contributed by atoms with van der Waals surface area (Å²) in [5.74, 6) is -1.29. The Hall–Kier alpha value is -1.58. The van der Waals surface area contributed by atoms with Crippen molar-refractivity contribution in [3.8, 4) is 0 Å². The number of methoxy groups -OCH3 is 1. The second-order valence-electron chi connectivity index (χ2n) is 5.53. The molecule has 1 saturated carbocycles. The summed E-state index contributed by atoms with van der Waals surface area (Å²) < 4.78 is 39.2. The fourth-order valence-electron chi connectivity index (χ4n) is 2.98. The number of aromatic nitrogens is 2. The molecule has 1 aromatic rings. The Morgan fingerprint density at radius 3 is 2.50 bits per heavy atom. The van der Waals surface area contributed by atoms with Crippen LogP contribution < -0.4 is 0 Å². The maximum atomic E-state index is 12.3. The van der Waals surface area contributed by atoms with Gasteiger partial charge in [-0.1, -0.05) is 0 Å². The number of hydrogen-bond donors (Lipinski definition) is 0. The van der Waals surface area contributed by atoms with Gasteiger partial charge in [0.15, 0.2) is 5.79 Å². The highest BCUT2D eigenvalue weighted by molar-refractivity contribution is 7.90. The van der Waals surface area contributed by atoms with Crippen molar-refractivity contribution in [1.82, 2.24) is 9.97 Å². The molecule has 0 atom stereocenters. The van der Waals surface area contributed by atoms with E-state index in [0.717, 1.165) is 6.26 Å². The Morgan fingerprint density at radius 1 is 1.32 bits per heavy atom. The lowest BCUT2D eigenvalue weighted by Crippen LogP contribution is -2.60. The first kappa shape index (κ1) is 15.3. The quantitative estimate of drug-likeness (QED) is 0.556. The molecule has 120 valence electrons. The van der Waals surface area contributed by atoms with Crippen molar-refractivity contribution in [3.63, 3.8) is 0 Å². The van der Waals surface area contributed by atoms with Gasteiger partial charge in [0.1, 0.15) is 5.41 Å². The van der Waals surface area contributed by atoms with E-state index in [9.17, 15) is 13.2 Å². The molecule has 2 heterocycles. The normalized spacial score (nSPS) is 22.3. The van der Waals surface area contributed by atoms with Gasteiger partial charge in [0.25, 0.3) is 0 Å². The summed E-state index contributed by atoms with van der Waals surface area (Å²) in [6, 6.07) is 1.52. The Kier molecular flexibility index (Phi) is 3.46. The van der Waals surface area contributed by atoms with Crippen molar-refractivity contribution >= 4 is 15.8 Å². The standard InChI is InChI=1S/C13H16N2O6S/c1-19-10(16)12(7-13(8-12)20-5-6-21-13)9-3-4-14-11(15-9)22(2,17)18/h3-4H,5-8H2,1-2H3. The molecule has 3 rings (SSSR count). The van der Waals surface area contributed by atoms with Crippen LogP contribution in [0.15, 0.2) is 17.4 Å². The Balaban J connectivity index is 2.00. The number of nitrogens with zero attached hydrogens (tertiary/aromatic N) is 2. The van der Waals surface area contributed by atoms with Gasteiger partial charge in [0.2, 0.25) is 15.0 Å². The van der Waals surface area contributed by atoms with E-state index >= 15 is 0 Å². The van der Waals surface area contributed by atoms with Gasteiger partial charge in [-0.15, -0.1) is 0 Å². The van der Waals surface area contributed by atoms with Crippen LogP contribution in [0.3, 0.4) is 0 Å². The summed E-state index contributed by atoms with van der Waals surface area (Å²) in [5.41, 5.74) is -0.763. The first-order chi connectivity index (χ1) is 10.3. The fraction of sp³-hybridized carbons (Fsp3) is 0.615. The fourth-order valence-corrected chi connectivity index (χ4v) is 3.50. The van der Waals surface area contributed by atoms with E-state index in [1.54, 1.807) is 0 Å². The van der Waals surface area contributed by atoms with Gasteiger partial charge in [0.05, 0.1) is 26.0 Å². The highest BCUT2D eigenvalue weighted by atomic mass is 32.2. The minimum Gasteiger partial charge on any atom is -0.468 e. The molecule has 8 nitrogen and oxygen atoms in total. The number of sulfone groups is 1. The van der Waals surface area contributed by atoms with Crippen molar-refractivity contribution in [2.45, 2.75) is 29.2 Å². The maximum Gasteiger partial charge on any atom is 0.318 e. The number of carbonyl (C=O) groups is 1. The maximum absolute atomic E-state index is 12.3. The Morgan fingerprint density at radius 2 is 1.95 bits per heavy atom. The first-order valence-corrected chi connectivity index (χ1v) is 8.60. The molecule has 0 unspecified atom stereocenters. The molecule has 0 bridgehead atoms. The summed E-state index contributed by atoms with van der Waals surface area (Å²) in [6.07, 6.45) is 2.83. The molecule has 2 aliphatic rings. The third-order valence-electron chi connectivity index (χ3n) is 3.99. The average molecular weight is 328 g/mol. The molecule has 1 spiro atoms. The second kappa shape index (κ2) is 4.97. The van der Waals surface area contributed by atoms with E-state index in [1.807, 2.05) is 0 Å². The second-order valence-corrected chi connectivity index (χ2v) is 7.44. The number of esters is 1. The molecule has 2 fully saturated rings. The van der Waals surface area contributed by atoms with Gasteiger partial charge in [-0.25, -0.2) is 18.4 Å². The van der Waals surface area contributed by atoms with Crippen LogP contribution >= 0.6 is 0 Å². The van der Waals surface area contributed by atoms with Gasteiger partial charge >= 0.3 is 5.97 Å². The van der Waals surface area contributed by atoms with Gasteiger partial charge in [-0.3, -0.25) is 4.79 Å². The largest absolute Gasteiger partial charge is 0.468 e. The van der Waals surface area contributed by atoms with Crippen LogP contribution in [0.4, 0.5) is 0 Å². The number of rotatable bonds is 3. The molecule has 0 amide bonds. The minimum absolute atomic E-state index is 0.243. The van der Waals surface area contributed by atoms with Gasteiger partial charge in [-0.05, 0) is 6.07 Å². The number of ether oxygens (including phenoxy) is 3. The molecule has 1 aliphatic heterocycles. The third-order valence-corrected chi connectivity index (χ3v) is 4.85. The van der Waals surface area contributed by atoms with Crippen molar-refractivity contribution in [1.29, 1.82) is 0 Å². The van der Waals surface area contributed by atoms with Gasteiger partial charge in [-0.2, -0.15) is 0 Å². The molecule has 9 heteroatoms. The summed E-state index contributed by atoms with van der Waals surface area (Å²) >= 11 is 0. The lowest BCUT2D eigenvalue weighted by atomic mass is 9.62. The summed E-state index contributed by atoms with van der Waals surface area (Å²) in [6.45, 7) is 0.936. The van der Waals surface area contributed by atoms with Gasteiger partial charge in [0, 0.05) is 25.3 Å². The highest BCUT2D eigenvalue weighted by Crippen LogP contribution is 2.54. The Labute approximate surface area is 127 Å². The third kappa shape index (κ3) is 2.29. The van der Waals surface area contributed by atoms with Crippen LogP contribution in [0.2, 0.25) is 0 Å². The molecule has 1 aliphatic carbocycles. The average Bonchev–Trinajstić information content (AvgIpc) is 2.93. The monoisotopic (exact) mass is 328 g/mol. The number of carbonyl (C=O) groups excluding carboxylic acids is 1. The zero-order valence-electron chi connectivity index (χ0n) is 12.2. The first-order valence-electron chi connectivity index (χ1n) is 6.71. The van der Waals surface area contributed by atoms with Crippen LogP contribution in [-0.2, 0) is 34.3 Å². The van der Waals surface area contributed by atoms with Crippen molar-refractivity contribution in [2.24, 2.45) is 0 Å². The van der Waals surface area contributed by atoms with Crippen LogP contribution in [0.5, 0.6) is 0 Å². The van der Waals surface area contributed by atoms with Crippen LogP contribution in [0.25, 0.3) is 0 Å². The number of hydrogen-bond acceptors (Lipinski definition) is 8. The predicted octanol–water partition coefficient (Wildman–Crippen LogP) is -0.172. The van der Waals surface area contributed by atoms with Crippen LogP contribution in [0.1, 0.15) is 18.5 Å². The molecular formula is C13H16N2O6S. The zero-order chi connectivity index (χ0) is 16.0. The molecule has 0 radical (unpaired) electrons. The van der Waals surface area contributed by atoms with E-state index in [-0.39, 0.29) is 18.0 Å². The van der Waals surface area contributed by atoms with E-state index in [1.165, 1.54) is 19.4 Å². The van der Waals surface area contributed by atoms with Crippen LogP contribution in [-0.4, -0.2) is 56.7 Å². The van der Waals surface area contributed by atoms with E-state index in [2.05, 4.69) is 9.97 Å². The molecular weight excluding hydrogens is 312 g/mol. The summed E-state index contributed by atoms with van der Waals surface area (Å²) in [7, 11) is -2.28. The SMILES string of the molecule is COC(=O)C1(c2ccnc(S(C)(=O)=O)n2)CC2(C1)OCCO2. The van der Waals surface area contributed by atoms with Crippen LogP contribution in [0, 0.1) is 0 Å². The van der Waals surface area contributed by atoms with Crippen molar-refractivity contribution in [2.75, 3.05) is 26.6 Å². The smallest absolute Gasteiger partial charge is 0.318 e. The lowest BCUT2D eigenvalue weighted by Gasteiger charge is -2.49. The molecule has 22 heavy (non-hydrogen) atoms. The molecule has 1 aromatic heterocycles. The summed E-state index contributed by atoms with van der Waals surface area (Å²) in [5, 5.41) is -0.317. The van der Waals surface area contributed by atoms with Crippen molar-refractivity contribution in [3.05, 3.63) is 18.0 Å². The molecule has 0 N–H and O–H groups in total. The highest BCUT2D eigenvalue weighted by Gasteiger charge is 2.64. The van der Waals surface area contributed by atoms with E-state index in [0.29, 0.717) is 18.9 Å².